The second kappa shape index (κ2) is 4.64. The Hall–Kier alpha value is -2.11. The average molecular weight is 253 g/mol. The van der Waals surface area contributed by atoms with Crippen LogP contribution < -0.4 is 10.5 Å². The van der Waals surface area contributed by atoms with Gasteiger partial charge in [0.05, 0.1) is 12.8 Å². The quantitative estimate of drug-likeness (QED) is 0.914. The summed E-state index contributed by atoms with van der Waals surface area (Å²) in [6.45, 7) is 0. The number of halogens is 2. The number of aryl methyl sites for hydroxylation is 1. The minimum absolute atomic E-state index is 0.0890. The van der Waals surface area contributed by atoms with Crippen LogP contribution in [0, 0.1) is 0 Å². The molecule has 0 spiro atoms. The lowest BCUT2D eigenvalue weighted by Crippen LogP contribution is -1.97. The van der Waals surface area contributed by atoms with Crippen LogP contribution >= 0.6 is 0 Å². The van der Waals surface area contributed by atoms with E-state index in [1.807, 2.05) is 0 Å². The molecule has 0 atom stereocenters. The number of nitrogens with two attached hydrogens (primary N) is 1. The van der Waals surface area contributed by atoms with E-state index in [0.717, 1.165) is 0 Å². The fraction of sp³-hybridized carbons (Fsp3) is 0.250. The van der Waals surface area contributed by atoms with Gasteiger partial charge in [-0.25, -0.2) is 8.78 Å². The number of benzene rings is 1. The van der Waals surface area contributed by atoms with E-state index in [1.54, 1.807) is 13.1 Å². The first-order valence-corrected chi connectivity index (χ1v) is 5.29. The van der Waals surface area contributed by atoms with Gasteiger partial charge in [0.25, 0.3) is 6.43 Å². The van der Waals surface area contributed by atoms with Crippen LogP contribution in [0.5, 0.6) is 5.75 Å². The molecule has 1 aromatic carbocycles. The maximum atomic E-state index is 12.9. The van der Waals surface area contributed by atoms with Crippen LogP contribution in [0.1, 0.15) is 12.0 Å². The van der Waals surface area contributed by atoms with Crippen LogP contribution in [0.2, 0.25) is 0 Å². The first kappa shape index (κ1) is 12.3. The zero-order chi connectivity index (χ0) is 13.3. The van der Waals surface area contributed by atoms with Gasteiger partial charge < -0.3 is 10.5 Å². The Balaban J connectivity index is 2.59. The van der Waals surface area contributed by atoms with Crippen molar-refractivity contribution in [2.24, 2.45) is 7.05 Å². The topological polar surface area (TPSA) is 53.1 Å². The Morgan fingerprint density at radius 2 is 2.06 bits per heavy atom. The number of hydrogen-bond acceptors (Lipinski definition) is 3. The second-order valence-electron chi connectivity index (χ2n) is 3.83. The number of rotatable bonds is 3. The van der Waals surface area contributed by atoms with Crippen molar-refractivity contribution in [3.8, 4) is 17.0 Å². The zero-order valence-electron chi connectivity index (χ0n) is 10.0. The van der Waals surface area contributed by atoms with Crippen molar-refractivity contribution >= 4 is 5.82 Å². The summed E-state index contributed by atoms with van der Waals surface area (Å²) in [7, 11) is 3.13. The lowest BCUT2D eigenvalue weighted by Gasteiger charge is -2.08. The number of hydrogen-bond donors (Lipinski definition) is 1. The molecule has 0 saturated carbocycles. The largest absolute Gasteiger partial charge is 0.497 e. The number of anilines is 1. The molecule has 2 aromatic rings. The van der Waals surface area contributed by atoms with Gasteiger partial charge in [0.15, 0.2) is 0 Å². The highest BCUT2D eigenvalue weighted by Gasteiger charge is 2.17. The van der Waals surface area contributed by atoms with Gasteiger partial charge in [0, 0.05) is 24.2 Å². The van der Waals surface area contributed by atoms with Gasteiger partial charge in [-0.3, -0.25) is 4.68 Å². The lowest BCUT2D eigenvalue weighted by molar-refractivity contribution is 0.152. The smallest absolute Gasteiger partial charge is 0.264 e. The van der Waals surface area contributed by atoms with Crippen molar-refractivity contribution in [1.82, 2.24) is 9.78 Å². The molecule has 96 valence electrons. The van der Waals surface area contributed by atoms with Crippen LogP contribution in [0.3, 0.4) is 0 Å². The highest BCUT2D eigenvalue weighted by Crippen LogP contribution is 2.33. The van der Waals surface area contributed by atoms with Gasteiger partial charge in [-0.2, -0.15) is 5.10 Å². The first-order chi connectivity index (χ1) is 8.52. The Bertz CT molecular complexity index is 547. The van der Waals surface area contributed by atoms with Crippen molar-refractivity contribution in [2.75, 3.05) is 12.8 Å². The molecule has 0 radical (unpaired) electrons. The van der Waals surface area contributed by atoms with Gasteiger partial charge in [0.2, 0.25) is 0 Å². The van der Waals surface area contributed by atoms with Crippen LogP contribution in [-0.2, 0) is 7.05 Å². The van der Waals surface area contributed by atoms with Crippen LogP contribution in [0.25, 0.3) is 11.3 Å². The Morgan fingerprint density at radius 3 is 2.56 bits per heavy atom. The van der Waals surface area contributed by atoms with Gasteiger partial charge in [-0.15, -0.1) is 0 Å². The summed E-state index contributed by atoms with van der Waals surface area (Å²) in [6.07, 6.45) is -2.57. The molecule has 0 aliphatic rings. The van der Waals surface area contributed by atoms with Gasteiger partial charge >= 0.3 is 0 Å². The maximum Gasteiger partial charge on any atom is 0.264 e. The highest BCUT2D eigenvalue weighted by atomic mass is 19.3. The average Bonchev–Trinajstić information content (AvgIpc) is 2.68. The van der Waals surface area contributed by atoms with Gasteiger partial charge in [0.1, 0.15) is 11.6 Å². The molecule has 1 aromatic heterocycles. The summed E-state index contributed by atoms with van der Waals surface area (Å²) in [5.41, 5.74) is 6.30. The molecule has 0 fully saturated rings. The Labute approximate surface area is 103 Å². The third-order valence-corrected chi connectivity index (χ3v) is 2.69. The van der Waals surface area contributed by atoms with Crippen LogP contribution in [-0.4, -0.2) is 16.9 Å². The SMILES string of the molecule is COc1ccc(C(F)F)c(-c2cc(N)n(C)n2)c1. The fourth-order valence-corrected chi connectivity index (χ4v) is 1.69. The van der Waals surface area contributed by atoms with E-state index in [9.17, 15) is 8.78 Å². The zero-order valence-corrected chi connectivity index (χ0v) is 10.0. The molecule has 18 heavy (non-hydrogen) atoms. The number of nitrogens with zero attached hydrogens (tertiary/aromatic N) is 2. The summed E-state index contributed by atoms with van der Waals surface area (Å²) in [4.78, 5) is 0. The third-order valence-electron chi connectivity index (χ3n) is 2.69. The molecule has 0 amide bonds. The number of methoxy groups -OCH3 is 1. The minimum atomic E-state index is -2.57. The summed E-state index contributed by atoms with van der Waals surface area (Å²) in [6, 6.07) is 5.92. The van der Waals surface area contributed by atoms with Crippen LogP contribution in [0.15, 0.2) is 24.3 Å². The van der Waals surface area contributed by atoms with Crippen molar-refractivity contribution < 1.29 is 13.5 Å². The van der Waals surface area contributed by atoms with Crippen molar-refractivity contribution in [2.45, 2.75) is 6.43 Å². The van der Waals surface area contributed by atoms with E-state index in [2.05, 4.69) is 5.10 Å². The van der Waals surface area contributed by atoms with E-state index in [0.29, 0.717) is 22.8 Å². The fourth-order valence-electron chi connectivity index (χ4n) is 1.69. The van der Waals surface area contributed by atoms with E-state index in [4.69, 9.17) is 10.5 Å². The van der Waals surface area contributed by atoms with Gasteiger partial charge in [-0.05, 0) is 18.2 Å². The molecule has 0 saturated heterocycles. The predicted octanol–water partition coefficient (Wildman–Crippen LogP) is 2.62. The Kier molecular flexibility index (Phi) is 3.18. The van der Waals surface area contributed by atoms with E-state index < -0.39 is 6.43 Å². The summed E-state index contributed by atoms with van der Waals surface area (Å²) < 4.78 is 32.4. The standard InChI is InChI=1S/C12H13F2N3O/c1-17-11(15)6-10(16-17)9-5-7(18-2)3-4-8(9)12(13)14/h3-6,12H,15H2,1-2H3. The molecule has 0 bridgehead atoms. The molecule has 6 heteroatoms. The first-order valence-electron chi connectivity index (χ1n) is 5.29. The molecular weight excluding hydrogens is 240 g/mol. The molecule has 2 N–H and O–H groups in total. The molecule has 1 heterocycles. The van der Waals surface area contributed by atoms with E-state index in [1.165, 1.54) is 30.0 Å². The maximum absolute atomic E-state index is 12.9. The summed E-state index contributed by atoms with van der Waals surface area (Å²) in [5.74, 6) is 0.909. The molecule has 0 aliphatic heterocycles. The Morgan fingerprint density at radius 1 is 1.33 bits per heavy atom. The lowest BCUT2D eigenvalue weighted by atomic mass is 10.0. The van der Waals surface area contributed by atoms with Crippen molar-refractivity contribution in [3.05, 3.63) is 29.8 Å². The number of aromatic nitrogens is 2. The van der Waals surface area contributed by atoms with Gasteiger partial charge in [-0.1, -0.05) is 0 Å². The normalized spacial score (nSPS) is 10.9. The third kappa shape index (κ3) is 2.13. The van der Waals surface area contributed by atoms with E-state index >= 15 is 0 Å². The van der Waals surface area contributed by atoms with Crippen LogP contribution in [0.4, 0.5) is 14.6 Å². The summed E-state index contributed by atoms with van der Waals surface area (Å²) >= 11 is 0. The minimum Gasteiger partial charge on any atom is -0.497 e. The molecule has 2 rings (SSSR count). The summed E-state index contributed by atoms with van der Waals surface area (Å²) in [5, 5.41) is 4.10. The molecular formula is C12H13F2N3O. The second-order valence-corrected chi connectivity index (χ2v) is 3.83. The predicted molar refractivity (Wildman–Crippen MR) is 64.6 cm³/mol. The number of alkyl halides is 2. The molecule has 4 nitrogen and oxygen atoms in total. The highest BCUT2D eigenvalue weighted by molar-refractivity contribution is 5.68. The molecule has 0 aliphatic carbocycles. The van der Waals surface area contributed by atoms with Crippen molar-refractivity contribution in [3.63, 3.8) is 0 Å². The number of ether oxygens (including phenoxy) is 1. The monoisotopic (exact) mass is 253 g/mol. The van der Waals surface area contributed by atoms with Crippen molar-refractivity contribution in [1.29, 1.82) is 0 Å². The molecule has 0 unspecified atom stereocenters. The van der Waals surface area contributed by atoms with E-state index in [-0.39, 0.29) is 5.56 Å². The number of nitrogen functional groups attached to an aromatic ring is 1.